The van der Waals surface area contributed by atoms with E-state index in [0.717, 1.165) is 30.8 Å². The number of carbonyl (C=O) groups excluding carboxylic acids is 1. The topological polar surface area (TPSA) is 50.4 Å². The Morgan fingerprint density at radius 3 is 2.85 bits per heavy atom. The van der Waals surface area contributed by atoms with Gasteiger partial charge < -0.3 is 15.4 Å². The molecule has 1 aromatic carbocycles. The molecule has 1 heterocycles. The summed E-state index contributed by atoms with van der Waals surface area (Å²) in [6, 6.07) is 7.46. The molecule has 0 aromatic heterocycles. The van der Waals surface area contributed by atoms with E-state index in [1.807, 2.05) is 38.1 Å². The summed E-state index contributed by atoms with van der Waals surface area (Å²) in [5.41, 5.74) is 0.741. The summed E-state index contributed by atoms with van der Waals surface area (Å²) in [6.07, 6.45) is 2.31. The van der Waals surface area contributed by atoms with E-state index >= 15 is 0 Å². The Hall–Kier alpha value is -1.55. The zero-order chi connectivity index (χ0) is 14.5. The SMILES string of the molecule is CC(C)Oc1ccccc1NC(=O)C1NCCCC1C. The highest BCUT2D eigenvalue weighted by molar-refractivity contribution is 5.96. The third-order valence-electron chi connectivity index (χ3n) is 3.56. The van der Waals surface area contributed by atoms with Crippen molar-refractivity contribution in [3.8, 4) is 5.75 Å². The molecule has 2 atom stereocenters. The first-order valence-corrected chi connectivity index (χ1v) is 7.38. The third-order valence-corrected chi connectivity index (χ3v) is 3.56. The Balaban J connectivity index is 2.07. The van der Waals surface area contributed by atoms with Crippen LogP contribution in [0.4, 0.5) is 5.69 Å². The Morgan fingerprint density at radius 1 is 1.40 bits per heavy atom. The summed E-state index contributed by atoms with van der Waals surface area (Å²) in [6.45, 7) is 6.98. The zero-order valence-corrected chi connectivity index (χ0v) is 12.5. The van der Waals surface area contributed by atoms with Crippen LogP contribution in [0.15, 0.2) is 24.3 Å². The number of para-hydroxylation sites is 2. The Bertz CT molecular complexity index is 460. The molecule has 1 fully saturated rings. The molecule has 1 aliphatic heterocycles. The molecular weight excluding hydrogens is 252 g/mol. The molecule has 0 bridgehead atoms. The minimum Gasteiger partial charge on any atom is -0.489 e. The first-order valence-electron chi connectivity index (χ1n) is 7.38. The Morgan fingerprint density at radius 2 is 2.15 bits per heavy atom. The number of amides is 1. The van der Waals surface area contributed by atoms with Gasteiger partial charge in [0.1, 0.15) is 5.75 Å². The summed E-state index contributed by atoms with van der Waals surface area (Å²) in [5, 5.41) is 6.29. The van der Waals surface area contributed by atoms with E-state index in [9.17, 15) is 4.79 Å². The van der Waals surface area contributed by atoms with Crippen molar-refractivity contribution in [1.29, 1.82) is 0 Å². The quantitative estimate of drug-likeness (QED) is 0.889. The van der Waals surface area contributed by atoms with E-state index in [0.29, 0.717) is 5.92 Å². The molecule has 4 heteroatoms. The predicted octanol–water partition coefficient (Wildman–Crippen LogP) is 2.80. The molecule has 0 radical (unpaired) electrons. The van der Waals surface area contributed by atoms with Gasteiger partial charge in [0, 0.05) is 0 Å². The van der Waals surface area contributed by atoms with Crippen LogP contribution in [0.2, 0.25) is 0 Å². The van der Waals surface area contributed by atoms with Crippen molar-refractivity contribution in [3.05, 3.63) is 24.3 Å². The minimum absolute atomic E-state index is 0.0250. The van der Waals surface area contributed by atoms with Crippen molar-refractivity contribution < 1.29 is 9.53 Å². The second-order valence-corrected chi connectivity index (χ2v) is 5.70. The van der Waals surface area contributed by atoms with Crippen LogP contribution in [-0.2, 0) is 4.79 Å². The number of ether oxygens (including phenoxy) is 1. The number of nitrogens with one attached hydrogen (secondary N) is 2. The number of hydrogen-bond acceptors (Lipinski definition) is 3. The fourth-order valence-corrected chi connectivity index (χ4v) is 2.54. The highest BCUT2D eigenvalue weighted by Crippen LogP contribution is 2.26. The fraction of sp³-hybridized carbons (Fsp3) is 0.562. The van der Waals surface area contributed by atoms with Gasteiger partial charge in [-0.3, -0.25) is 4.79 Å². The maximum Gasteiger partial charge on any atom is 0.241 e. The molecule has 0 spiro atoms. The lowest BCUT2D eigenvalue weighted by Crippen LogP contribution is -2.48. The monoisotopic (exact) mass is 276 g/mol. The average Bonchev–Trinajstić information content (AvgIpc) is 2.41. The molecule has 1 aliphatic rings. The van der Waals surface area contributed by atoms with E-state index in [1.165, 1.54) is 0 Å². The number of piperidine rings is 1. The van der Waals surface area contributed by atoms with Crippen LogP contribution in [0.3, 0.4) is 0 Å². The van der Waals surface area contributed by atoms with Crippen LogP contribution in [0.1, 0.15) is 33.6 Å². The van der Waals surface area contributed by atoms with Gasteiger partial charge in [0.15, 0.2) is 0 Å². The smallest absolute Gasteiger partial charge is 0.241 e. The molecule has 1 aromatic rings. The van der Waals surface area contributed by atoms with Crippen LogP contribution in [-0.4, -0.2) is 24.6 Å². The number of carbonyl (C=O) groups is 1. The van der Waals surface area contributed by atoms with Crippen LogP contribution in [0.25, 0.3) is 0 Å². The van der Waals surface area contributed by atoms with Gasteiger partial charge in [-0.25, -0.2) is 0 Å². The van der Waals surface area contributed by atoms with E-state index in [4.69, 9.17) is 4.74 Å². The number of anilines is 1. The van der Waals surface area contributed by atoms with Crippen molar-refractivity contribution in [2.24, 2.45) is 5.92 Å². The summed E-state index contributed by atoms with van der Waals surface area (Å²) >= 11 is 0. The van der Waals surface area contributed by atoms with Gasteiger partial charge in [-0.1, -0.05) is 19.1 Å². The van der Waals surface area contributed by atoms with E-state index in [-0.39, 0.29) is 18.1 Å². The van der Waals surface area contributed by atoms with E-state index in [2.05, 4.69) is 17.6 Å². The summed E-state index contributed by atoms with van der Waals surface area (Å²) in [7, 11) is 0. The summed E-state index contributed by atoms with van der Waals surface area (Å²) in [5.74, 6) is 1.11. The van der Waals surface area contributed by atoms with Gasteiger partial charge in [-0.05, 0) is 51.3 Å². The van der Waals surface area contributed by atoms with Crippen LogP contribution in [0, 0.1) is 5.92 Å². The number of benzene rings is 1. The molecule has 1 amide bonds. The Labute approximate surface area is 120 Å². The largest absolute Gasteiger partial charge is 0.489 e. The van der Waals surface area contributed by atoms with Gasteiger partial charge in [0.25, 0.3) is 0 Å². The minimum atomic E-state index is -0.115. The number of rotatable bonds is 4. The maximum absolute atomic E-state index is 12.4. The molecule has 0 aliphatic carbocycles. The summed E-state index contributed by atoms with van der Waals surface area (Å²) < 4.78 is 5.73. The van der Waals surface area contributed by atoms with Crippen LogP contribution >= 0.6 is 0 Å². The highest BCUT2D eigenvalue weighted by atomic mass is 16.5. The lowest BCUT2D eigenvalue weighted by molar-refractivity contribution is -0.119. The Kier molecular flexibility index (Phi) is 5.01. The first kappa shape index (κ1) is 14.9. The van der Waals surface area contributed by atoms with Crippen molar-refractivity contribution in [2.45, 2.75) is 45.8 Å². The van der Waals surface area contributed by atoms with E-state index in [1.54, 1.807) is 0 Å². The van der Waals surface area contributed by atoms with Gasteiger partial charge in [0.05, 0.1) is 17.8 Å². The van der Waals surface area contributed by atoms with Crippen LogP contribution < -0.4 is 15.4 Å². The first-order chi connectivity index (χ1) is 9.58. The highest BCUT2D eigenvalue weighted by Gasteiger charge is 2.27. The molecule has 0 saturated carbocycles. The second-order valence-electron chi connectivity index (χ2n) is 5.70. The molecule has 1 saturated heterocycles. The zero-order valence-electron chi connectivity index (χ0n) is 12.5. The summed E-state index contributed by atoms with van der Waals surface area (Å²) in [4.78, 5) is 12.4. The van der Waals surface area contributed by atoms with Gasteiger partial charge in [-0.15, -0.1) is 0 Å². The molecule has 2 unspecified atom stereocenters. The normalized spacial score (nSPS) is 22.6. The lowest BCUT2D eigenvalue weighted by atomic mass is 9.92. The average molecular weight is 276 g/mol. The van der Waals surface area contributed by atoms with Gasteiger partial charge in [0.2, 0.25) is 5.91 Å². The molecule has 4 nitrogen and oxygen atoms in total. The molecule has 2 rings (SSSR count). The number of hydrogen-bond donors (Lipinski definition) is 2. The predicted molar refractivity (Wildman–Crippen MR) is 81.0 cm³/mol. The van der Waals surface area contributed by atoms with Crippen molar-refractivity contribution in [3.63, 3.8) is 0 Å². The fourth-order valence-electron chi connectivity index (χ4n) is 2.54. The lowest BCUT2D eigenvalue weighted by Gasteiger charge is -2.29. The van der Waals surface area contributed by atoms with Crippen molar-refractivity contribution in [2.75, 3.05) is 11.9 Å². The van der Waals surface area contributed by atoms with Crippen LogP contribution in [0.5, 0.6) is 5.75 Å². The van der Waals surface area contributed by atoms with Crippen molar-refractivity contribution >= 4 is 11.6 Å². The molecular formula is C16H24N2O2. The second kappa shape index (κ2) is 6.75. The molecule has 20 heavy (non-hydrogen) atoms. The molecule has 2 N–H and O–H groups in total. The van der Waals surface area contributed by atoms with Crippen molar-refractivity contribution in [1.82, 2.24) is 5.32 Å². The van der Waals surface area contributed by atoms with E-state index < -0.39 is 0 Å². The van der Waals surface area contributed by atoms with Gasteiger partial charge >= 0.3 is 0 Å². The third kappa shape index (κ3) is 3.73. The maximum atomic E-state index is 12.4. The standard InChI is InChI=1S/C16H24N2O2/c1-11(2)20-14-9-5-4-8-13(14)18-16(19)15-12(3)7-6-10-17-15/h4-5,8-9,11-12,15,17H,6-7,10H2,1-3H3,(H,18,19). The van der Waals surface area contributed by atoms with Gasteiger partial charge in [-0.2, -0.15) is 0 Å². The molecule has 110 valence electrons.